The van der Waals surface area contributed by atoms with Gasteiger partial charge in [0.15, 0.2) is 0 Å². The standard InChI is InChI=1S/C13H18O4.C12H16O5.C10H10O4/c1-5-8-7-9(6-2)11(13(15)17-4)10(8)12(14)16-3;1-5-7-9(11(13)15-3)10(12(14)16-4)8(6-2)17-7;1-3-5-7-8(6(4-2)13-5)10(12)14-9(7)11/h5-6,8-11H,1-2,7H2,3-4H3;5-10H,1-2H2,3-4H3;3-8H,1-2H2/t;;5?,6?,7-,8+. The van der Waals surface area contributed by atoms with E-state index in [0.29, 0.717) is 6.42 Å². The second-order valence-electron chi connectivity index (χ2n) is 11.1. The van der Waals surface area contributed by atoms with Crippen LogP contribution in [0.25, 0.3) is 0 Å². The minimum absolute atomic E-state index is 0.0745. The highest BCUT2D eigenvalue weighted by atomic mass is 16.6. The number of rotatable bonds is 10. The van der Waals surface area contributed by atoms with E-state index in [1.807, 2.05) is 0 Å². The largest absolute Gasteiger partial charge is 0.469 e. The van der Waals surface area contributed by atoms with Crippen molar-refractivity contribution in [2.45, 2.75) is 30.8 Å². The summed E-state index contributed by atoms with van der Waals surface area (Å²) in [5, 5.41) is 0. The first kappa shape index (κ1) is 39.6. The van der Waals surface area contributed by atoms with Gasteiger partial charge in [-0.25, -0.2) is 0 Å². The zero-order chi connectivity index (χ0) is 36.3. The predicted molar refractivity (Wildman–Crippen MR) is 170 cm³/mol. The summed E-state index contributed by atoms with van der Waals surface area (Å²) in [5.41, 5.74) is 0. The lowest BCUT2D eigenvalue weighted by Gasteiger charge is -2.20. The molecule has 3 aliphatic heterocycles. The van der Waals surface area contributed by atoms with Crippen LogP contribution in [0, 0.1) is 47.3 Å². The monoisotopic (exact) mass is 672 g/mol. The average molecular weight is 673 g/mol. The van der Waals surface area contributed by atoms with E-state index in [9.17, 15) is 28.8 Å². The number of esters is 6. The lowest BCUT2D eigenvalue weighted by molar-refractivity contribution is -0.157. The molecule has 12 atom stereocenters. The molecule has 13 nitrogen and oxygen atoms in total. The maximum absolute atomic E-state index is 11.8. The van der Waals surface area contributed by atoms with Crippen molar-refractivity contribution < 1.29 is 61.9 Å². The van der Waals surface area contributed by atoms with Gasteiger partial charge in [0.1, 0.15) is 23.7 Å². The second kappa shape index (κ2) is 18.1. The van der Waals surface area contributed by atoms with E-state index in [1.54, 1.807) is 12.2 Å². The minimum Gasteiger partial charge on any atom is -0.469 e. The summed E-state index contributed by atoms with van der Waals surface area (Å²) < 4.78 is 34.3. The highest BCUT2D eigenvalue weighted by Crippen LogP contribution is 2.44. The molecule has 4 fully saturated rings. The summed E-state index contributed by atoms with van der Waals surface area (Å²) in [7, 11) is 5.16. The van der Waals surface area contributed by atoms with Crippen molar-refractivity contribution in [3.05, 3.63) is 75.9 Å². The summed E-state index contributed by atoms with van der Waals surface area (Å²) >= 11 is 0. The molecule has 1 saturated carbocycles. The third-order valence-corrected chi connectivity index (χ3v) is 8.85. The zero-order valence-electron chi connectivity index (χ0n) is 27.6. The Morgan fingerprint density at radius 1 is 0.521 bits per heavy atom. The number of carbonyl (C=O) groups excluding carboxylic acids is 6. The Hall–Kier alpha value is -4.62. The van der Waals surface area contributed by atoms with Crippen LogP contribution in [0.2, 0.25) is 0 Å². The molecular weight excluding hydrogens is 628 g/mol. The SMILES string of the molecule is C=CC1CC(C=C)C(C(=O)OC)C1C(=O)OC.C=CC1OC(C=C)C(C(=O)OC)C1C(=O)OC.C=CC1OC(C=C)[C@@H]2C(=O)OC(=O)[C@H]12. The van der Waals surface area contributed by atoms with Crippen LogP contribution >= 0.6 is 0 Å². The third kappa shape index (κ3) is 8.08. The van der Waals surface area contributed by atoms with E-state index in [4.69, 9.17) is 18.9 Å². The summed E-state index contributed by atoms with van der Waals surface area (Å²) in [4.78, 5) is 69.5. The summed E-state index contributed by atoms with van der Waals surface area (Å²) in [6.07, 6.45) is 8.01. The first-order valence-corrected chi connectivity index (χ1v) is 15.0. The Kier molecular flexibility index (Phi) is 14.9. The average Bonchev–Trinajstić information content (AvgIpc) is 3.87. The maximum Gasteiger partial charge on any atom is 0.320 e. The molecule has 13 heteroatoms. The lowest BCUT2D eigenvalue weighted by atomic mass is 9.87. The number of ether oxygens (including phenoxy) is 7. The number of methoxy groups -OCH3 is 4. The second-order valence-corrected chi connectivity index (χ2v) is 11.1. The quantitative estimate of drug-likeness (QED) is 0.144. The molecule has 0 N–H and O–H groups in total. The molecular formula is C35H44O13. The van der Waals surface area contributed by atoms with Crippen LogP contribution in [-0.4, -0.2) is 88.7 Å². The van der Waals surface area contributed by atoms with Gasteiger partial charge in [-0.15, -0.1) is 39.5 Å². The fraction of sp³-hybridized carbons (Fsp3) is 0.486. The van der Waals surface area contributed by atoms with Crippen molar-refractivity contribution in [2.75, 3.05) is 28.4 Å². The molecule has 0 aromatic rings. The molecule has 10 unspecified atom stereocenters. The van der Waals surface area contributed by atoms with Crippen molar-refractivity contribution in [3.8, 4) is 0 Å². The fourth-order valence-electron chi connectivity index (χ4n) is 6.50. The van der Waals surface area contributed by atoms with Gasteiger partial charge in [-0.2, -0.15) is 0 Å². The van der Waals surface area contributed by atoms with Crippen LogP contribution in [0.1, 0.15) is 6.42 Å². The van der Waals surface area contributed by atoms with Gasteiger partial charge in [-0.1, -0.05) is 36.5 Å². The summed E-state index contributed by atoms with van der Waals surface area (Å²) in [6.45, 7) is 21.7. The molecule has 0 radical (unpaired) electrons. The number of cyclic esters (lactones) is 2. The molecule has 0 bridgehead atoms. The van der Waals surface area contributed by atoms with Gasteiger partial charge < -0.3 is 33.2 Å². The van der Waals surface area contributed by atoms with E-state index in [0.717, 1.165) is 0 Å². The van der Waals surface area contributed by atoms with E-state index >= 15 is 0 Å². The molecule has 0 aromatic carbocycles. The molecule has 4 aliphatic rings. The zero-order valence-corrected chi connectivity index (χ0v) is 27.6. The Bertz CT molecular complexity index is 1140. The van der Waals surface area contributed by atoms with Crippen LogP contribution in [0.15, 0.2) is 75.9 Å². The Labute approximate surface area is 280 Å². The van der Waals surface area contributed by atoms with Gasteiger partial charge in [0.2, 0.25) is 0 Å². The molecule has 3 heterocycles. The van der Waals surface area contributed by atoms with Crippen molar-refractivity contribution in [3.63, 3.8) is 0 Å². The van der Waals surface area contributed by atoms with Gasteiger partial charge >= 0.3 is 35.8 Å². The molecule has 262 valence electrons. The maximum atomic E-state index is 11.8. The number of hydrogen-bond acceptors (Lipinski definition) is 13. The van der Waals surface area contributed by atoms with E-state index < -0.39 is 95.7 Å². The predicted octanol–water partition coefficient (Wildman–Crippen LogP) is 2.72. The number of hydrogen-bond donors (Lipinski definition) is 0. The van der Waals surface area contributed by atoms with Crippen molar-refractivity contribution in [1.29, 1.82) is 0 Å². The van der Waals surface area contributed by atoms with Gasteiger partial charge in [0, 0.05) is 0 Å². The fourth-order valence-corrected chi connectivity index (χ4v) is 6.50. The van der Waals surface area contributed by atoms with Crippen LogP contribution in [0.5, 0.6) is 0 Å². The van der Waals surface area contributed by atoms with E-state index in [1.165, 1.54) is 52.7 Å². The topological polar surface area (TPSA) is 167 Å². The van der Waals surface area contributed by atoms with Crippen molar-refractivity contribution in [2.24, 2.45) is 47.3 Å². The van der Waals surface area contributed by atoms with E-state index in [2.05, 4.69) is 53.7 Å². The molecule has 3 saturated heterocycles. The molecule has 1 aliphatic carbocycles. The third-order valence-electron chi connectivity index (χ3n) is 8.85. The van der Waals surface area contributed by atoms with Crippen LogP contribution in [0.3, 0.4) is 0 Å². The van der Waals surface area contributed by atoms with Crippen molar-refractivity contribution in [1.82, 2.24) is 0 Å². The van der Waals surface area contributed by atoms with Crippen LogP contribution < -0.4 is 0 Å². The molecule has 0 aromatic heterocycles. The van der Waals surface area contributed by atoms with Crippen LogP contribution in [-0.2, 0) is 61.9 Å². The lowest BCUT2D eigenvalue weighted by Crippen LogP contribution is -2.35. The Balaban J connectivity index is 0.000000251. The molecule has 4 rings (SSSR count). The number of allylic oxidation sites excluding steroid dienone is 2. The van der Waals surface area contributed by atoms with Crippen molar-refractivity contribution >= 4 is 35.8 Å². The summed E-state index contributed by atoms with van der Waals surface area (Å²) in [5.74, 6) is -6.62. The van der Waals surface area contributed by atoms with E-state index in [-0.39, 0.29) is 11.8 Å². The van der Waals surface area contributed by atoms with Crippen LogP contribution in [0.4, 0.5) is 0 Å². The van der Waals surface area contributed by atoms with Gasteiger partial charge in [0.25, 0.3) is 0 Å². The smallest absolute Gasteiger partial charge is 0.320 e. The number of carbonyl (C=O) groups is 6. The number of fused-ring (bicyclic) bond motifs is 1. The van der Waals surface area contributed by atoms with Gasteiger partial charge in [0.05, 0.1) is 64.7 Å². The van der Waals surface area contributed by atoms with Gasteiger partial charge in [-0.05, 0) is 18.3 Å². The Morgan fingerprint density at radius 2 is 0.812 bits per heavy atom. The summed E-state index contributed by atoms with van der Waals surface area (Å²) in [6, 6.07) is 0. The first-order chi connectivity index (χ1) is 22.9. The van der Waals surface area contributed by atoms with Gasteiger partial charge in [-0.3, -0.25) is 28.8 Å². The molecule has 48 heavy (non-hydrogen) atoms. The normalized spacial score (nSPS) is 34.2. The minimum atomic E-state index is -0.743. The Morgan fingerprint density at radius 3 is 1.08 bits per heavy atom. The first-order valence-electron chi connectivity index (χ1n) is 15.0. The molecule has 0 spiro atoms. The highest BCUT2D eigenvalue weighted by molar-refractivity contribution is 5.98. The molecule has 0 amide bonds. The highest BCUT2D eigenvalue weighted by Gasteiger charge is 2.57.